The summed E-state index contributed by atoms with van der Waals surface area (Å²) >= 11 is 0. The molecule has 0 saturated carbocycles. The fraction of sp³-hybridized carbons (Fsp3) is 0.364. The van der Waals surface area contributed by atoms with Gasteiger partial charge < -0.3 is 24.1 Å². The zero-order valence-corrected chi connectivity index (χ0v) is 16.5. The maximum atomic E-state index is 13.3. The number of hydrogen-bond donors (Lipinski definition) is 2. The molecular formula is C22H24FN2O5+. The highest BCUT2D eigenvalue weighted by atomic mass is 19.1. The molecule has 7 nitrogen and oxygen atoms in total. The van der Waals surface area contributed by atoms with Crippen LogP contribution in [0.4, 0.5) is 4.39 Å². The van der Waals surface area contributed by atoms with E-state index in [1.165, 1.54) is 40.3 Å². The Bertz CT molecular complexity index is 933. The first-order valence-corrected chi connectivity index (χ1v) is 10.1. The molecule has 2 aliphatic rings. The lowest BCUT2D eigenvalue weighted by molar-refractivity contribution is -0.908. The molecular weight excluding hydrogens is 391 g/mol. The summed E-state index contributed by atoms with van der Waals surface area (Å²) in [6, 6.07) is 7.67. The molecule has 0 unspecified atom stereocenters. The molecule has 4 rings (SSSR count). The van der Waals surface area contributed by atoms with Gasteiger partial charge >= 0.3 is 0 Å². The van der Waals surface area contributed by atoms with E-state index in [1.54, 1.807) is 12.1 Å². The molecule has 158 valence electrons. The minimum Gasteiger partial charge on any atom is -0.507 e. The second-order valence-electron chi connectivity index (χ2n) is 7.48. The predicted molar refractivity (Wildman–Crippen MR) is 105 cm³/mol. The Morgan fingerprint density at radius 1 is 1.17 bits per heavy atom. The molecule has 1 amide bonds. The Kier molecular flexibility index (Phi) is 5.96. The Labute approximate surface area is 173 Å². The van der Waals surface area contributed by atoms with E-state index in [0.717, 1.165) is 32.8 Å². The van der Waals surface area contributed by atoms with Crippen LogP contribution in [0.3, 0.4) is 0 Å². The number of carbonyl (C=O) groups is 2. The number of quaternary nitrogens is 1. The summed E-state index contributed by atoms with van der Waals surface area (Å²) in [6.07, 6.45) is 2.17. The van der Waals surface area contributed by atoms with E-state index < -0.39 is 23.5 Å². The van der Waals surface area contributed by atoms with Crippen LogP contribution in [0.25, 0.3) is 5.76 Å². The number of benzene rings is 1. The molecule has 2 fully saturated rings. The fourth-order valence-electron chi connectivity index (χ4n) is 4.03. The summed E-state index contributed by atoms with van der Waals surface area (Å²) in [4.78, 5) is 28.5. The fourth-order valence-corrected chi connectivity index (χ4v) is 4.03. The molecule has 2 aromatic rings. The summed E-state index contributed by atoms with van der Waals surface area (Å²) in [5, 5.41) is 10.8. The smallest absolute Gasteiger partial charge is 0.295 e. The van der Waals surface area contributed by atoms with Gasteiger partial charge in [-0.25, -0.2) is 4.39 Å². The molecule has 0 spiro atoms. The Morgan fingerprint density at radius 3 is 2.57 bits per heavy atom. The van der Waals surface area contributed by atoms with Gasteiger partial charge in [0.25, 0.3) is 11.7 Å². The van der Waals surface area contributed by atoms with Crippen molar-refractivity contribution in [1.82, 2.24) is 4.90 Å². The van der Waals surface area contributed by atoms with E-state index >= 15 is 0 Å². The molecule has 0 aliphatic carbocycles. The topological polar surface area (TPSA) is 84.4 Å². The van der Waals surface area contributed by atoms with E-state index in [9.17, 15) is 19.1 Å². The van der Waals surface area contributed by atoms with Crippen molar-refractivity contribution >= 4 is 17.4 Å². The van der Waals surface area contributed by atoms with E-state index in [4.69, 9.17) is 9.15 Å². The van der Waals surface area contributed by atoms with E-state index in [1.807, 2.05) is 0 Å². The number of carbonyl (C=O) groups excluding carboxylic acids is 2. The number of ether oxygens (including phenoxy) is 1. The normalized spacial score (nSPS) is 22.0. The molecule has 1 aromatic heterocycles. The van der Waals surface area contributed by atoms with Crippen molar-refractivity contribution in [2.24, 2.45) is 0 Å². The molecule has 2 N–H and O–H groups in total. The number of likely N-dealkylation sites (tertiary alicyclic amines) is 1. The third-order valence-corrected chi connectivity index (χ3v) is 5.60. The minimum absolute atomic E-state index is 0.0414. The number of furan rings is 1. The second kappa shape index (κ2) is 8.81. The quantitative estimate of drug-likeness (QED) is 0.420. The summed E-state index contributed by atoms with van der Waals surface area (Å²) < 4.78 is 24.1. The molecule has 2 saturated heterocycles. The zero-order valence-electron chi connectivity index (χ0n) is 16.5. The van der Waals surface area contributed by atoms with Gasteiger partial charge in [0.2, 0.25) is 0 Å². The minimum atomic E-state index is -0.815. The molecule has 3 heterocycles. The van der Waals surface area contributed by atoms with E-state index in [-0.39, 0.29) is 16.9 Å². The molecule has 0 bridgehead atoms. The molecule has 0 radical (unpaired) electrons. The zero-order chi connectivity index (χ0) is 21.1. The molecule has 1 atom stereocenters. The van der Waals surface area contributed by atoms with Crippen LogP contribution < -0.4 is 4.90 Å². The Morgan fingerprint density at radius 2 is 1.90 bits per heavy atom. The average Bonchev–Trinajstić information content (AvgIpc) is 3.37. The van der Waals surface area contributed by atoms with Gasteiger partial charge in [-0.2, -0.15) is 0 Å². The highest BCUT2D eigenvalue weighted by Gasteiger charge is 2.47. The Balaban J connectivity index is 1.61. The van der Waals surface area contributed by atoms with Crippen LogP contribution in [0.5, 0.6) is 0 Å². The lowest BCUT2D eigenvalue weighted by Crippen LogP contribution is -3.14. The number of nitrogens with zero attached hydrogens (tertiary/aromatic N) is 1. The second-order valence-corrected chi connectivity index (χ2v) is 7.48. The number of rotatable bonds is 6. The lowest BCUT2D eigenvalue weighted by Gasteiger charge is -2.26. The standard InChI is InChI=1S/C22H23FN2O5/c23-16-6-4-15(5-7-16)20(26)18-19(17-3-1-12-30-17)25(22(28)21(18)27)9-2-8-24-10-13-29-14-11-24/h1,3-7,12,19,26H,2,8-11,13-14H2/p+1/b20-18+/t19-/m0/s1. The summed E-state index contributed by atoms with van der Waals surface area (Å²) in [5.41, 5.74) is 0.226. The Hall–Kier alpha value is -2.97. The van der Waals surface area contributed by atoms with Crippen molar-refractivity contribution in [3.63, 3.8) is 0 Å². The number of Topliss-reactive ketones (excluding diaryl/α,β-unsaturated/α-hetero) is 1. The highest BCUT2D eigenvalue weighted by Crippen LogP contribution is 2.39. The van der Waals surface area contributed by atoms with Crippen LogP contribution in [0.15, 0.2) is 52.7 Å². The summed E-state index contributed by atoms with van der Waals surface area (Å²) in [7, 11) is 0. The average molecular weight is 415 g/mol. The molecule has 30 heavy (non-hydrogen) atoms. The van der Waals surface area contributed by atoms with Gasteiger partial charge in [0, 0.05) is 18.5 Å². The first kappa shape index (κ1) is 20.3. The maximum Gasteiger partial charge on any atom is 0.295 e. The third kappa shape index (κ3) is 4.01. The number of hydrogen-bond acceptors (Lipinski definition) is 5. The number of ketones is 1. The largest absolute Gasteiger partial charge is 0.507 e. The van der Waals surface area contributed by atoms with Crippen LogP contribution in [-0.4, -0.2) is 61.1 Å². The number of amides is 1. The number of aliphatic hydroxyl groups excluding tert-OH is 1. The first-order chi connectivity index (χ1) is 14.6. The first-order valence-electron chi connectivity index (χ1n) is 10.1. The summed E-state index contributed by atoms with van der Waals surface area (Å²) in [5.74, 6) is -1.83. The van der Waals surface area contributed by atoms with Crippen LogP contribution in [-0.2, 0) is 14.3 Å². The van der Waals surface area contributed by atoms with Crippen molar-refractivity contribution in [3.05, 3.63) is 65.4 Å². The van der Waals surface area contributed by atoms with Crippen LogP contribution >= 0.6 is 0 Å². The maximum absolute atomic E-state index is 13.3. The SMILES string of the molecule is O=C1C(=O)N(CCC[NH+]2CCOCC2)[C@@H](c2ccco2)/C1=C(\O)c1ccc(F)cc1. The molecule has 1 aromatic carbocycles. The van der Waals surface area contributed by atoms with Gasteiger partial charge in [0.05, 0.1) is 31.6 Å². The predicted octanol–water partition coefficient (Wildman–Crippen LogP) is 1.15. The molecule has 2 aliphatic heterocycles. The number of aliphatic hydroxyl groups is 1. The summed E-state index contributed by atoms with van der Waals surface area (Å²) in [6.45, 7) is 4.51. The van der Waals surface area contributed by atoms with Gasteiger partial charge in [-0.15, -0.1) is 0 Å². The van der Waals surface area contributed by atoms with Crippen molar-refractivity contribution in [3.8, 4) is 0 Å². The number of halogens is 1. The van der Waals surface area contributed by atoms with Crippen LogP contribution in [0.1, 0.15) is 23.8 Å². The number of morpholine rings is 1. The highest BCUT2D eigenvalue weighted by molar-refractivity contribution is 6.46. The van der Waals surface area contributed by atoms with Gasteiger partial charge in [0.15, 0.2) is 0 Å². The van der Waals surface area contributed by atoms with Crippen molar-refractivity contribution in [2.75, 3.05) is 39.4 Å². The van der Waals surface area contributed by atoms with Gasteiger partial charge in [-0.1, -0.05) is 0 Å². The molecule has 8 heteroatoms. The lowest BCUT2D eigenvalue weighted by atomic mass is 9.99. The van der Waals surface area contributed by atoms with Crippen molar-refractivity contribution in [2.45, 2.75) is 12.5 Å². The van der Waals surface area contributed by atoms with Gasteiger partial charge in [-0.3, -0.25) is 9.59 Å². The van der Waals surface area contributed by atoms with E-state index in [2.05, 4.69) is 0 Å². The van der Waals surface area contributed by atoms with Gasteiger partial charge in [-0.05, 0) is 36.4 Å². The van der Waals surface area contributed by atoms with Crippen molar-refractivity contribution in [1.29, 1.82) is 0 Å². The third-order valence-electron chi connectivity index (χ3n) is 5.60. The van der Waals surface area contributed by atoms with Gasteiger partial charge in [0.1, 0.15) is 36.5 Å². The van der Waals surface area contributed by atoms with Crippen molar-refractivity contribution < 1.29 is 33.1 Å². The number of nitrogens with one attached hydrogen (secondary N) is 1. The van der Waals surface area contributed by atoms with E-state index in [0.29, 0.717) is 18.7 Å². The van der Waals surface area contributed by atoms with Crippen LogP contribution in [0.2, 0.25) is 0 Å². The monoisotopic (exact) mass is 415 g/mol. The van der Waals surface area contributed by atoms with Crippen LogP contribution in [0, 0.1) is 5.82 Å².